The fourth-order valence-corrected chi connectivity index (χ4v) is 5.06. The van der Waals surface area contributed by atoms with Gasteiger partial charge in [0.1, 0.15) is 10.8 Å². The number of nitrogens with one attached hydrogen (secondary N) is 1. The van der Waals surface area contributed by atoms with Gasteiger partial charge in [0.2, 0.25) is 15.9 Å². The third kappa shape index (κ3) is 5.20. The molecule has 1 aliphatic heterocycles. The van der Waals surface area contributed by atoms with E-state index in [4.69, 9.17) is 11.6 Å². The molecule has 1 aliphatic rings. The number of nitro benzene ring substituents is 1. The number of rotatable bonds is 6. The average molecular weight is 470 g/mol. The van der Waals surface area contributed by atoms with E-state index in [0.717, 1.165) is 6.07 Å². The Morgan fingerprint density at radius 2 is 1.94 bits per heavy atom. The van der Waals surface area contributed by atoms with Crippen LogP contribution in [0.1, 0.15) is 24.0 Å². The number of halogens is 2. The number of aryl methyl sites for hydroxylation is 1. The Morgan fingerprint density at radius 3 is 2.55 bits per heavy atom. The molecular formula is C20H21ClFN3O5S. The summed E-state index contributed by atoms with van der Waals surface area (Å²) in [4.78, 5) is 22.5. The molecule has 3 rings (SSSR count). The van der Waals surface area contributed by atoms with Crippen LogP contribution in [0.4, 0.5) is 10.1 Å². The van der Waals surface area contributed by atoms with Crippen LogP contribution in [0.3, 0.4) is 0 Å². The van der Waals surface area contributed by atoms with Crippen LogP contribution in [0.5, 0.6) is 0 Å². The van der Waals surface area contributed by atoms with Crippen molar-refractivity contribution in [1.82, 2.24) is 9.62 Å². The highest BCUT2D eigenvalue weighted by atomic mass is 35.5. The molecule has 0 aliphatic carbocycles. The molecule has 1 amide bonds. The number of nitro groups is 1. The van der Waals surface area contributed by atoms with Crippen molar-refractivity contribution in [3.05, 3.63) is 68.5 Å². The molecule has 1 heterocycles. The summed E-state index contributed by atoms with van der Waals surface area (Å²) in [6.07, 6.45) is 0.617. The summed E-state index contributed by atoms with van der Waals surface area (Å²) in [5.41, 5.74) is 0.681. The van der Waals surface area contributed by atoms with Crippen molar-refractivity contribution in [2.75, 3.05) is 13.1 Å². The molecule has 1 fully saturated rings. The summed E-state index contributed by atoms with van der Waals surface area (Å²) in [5, 5.41) is 13.7. The lowest BCUT2D eigenvalue weighted by molar-refractivity contribution is -0.384. The smallest absolute Gasteiger partial charge is 0.289 e. The fourth-order valence-electron chi connectivity index (χ4n) is 3.38. The van der Waals surface area contributed by atoms with Crippen molar-refractivity contribution in [3.8, 4) is 0 Å². The van der Waals surface area contributed by atoms with Crippen molar-refractivity contribution in [2.45, 2.75) is 31.2 Å². The second-order valence-corrected chi connectivity index (χ2v) is 9.70. The largest absolute Gasteiger partial charge is 0.352 e. The van der Waals surface area contributed by atoms with Gasteiger partial charge in [-0.1, -0.05) is 23.7 Å². The van der Waals surface area contributed by atoms with Gasteiger partial charge < -0.3 is 5.32 Å². The molecule has 0 bridgehead atoms. The lowest BCUT2D eigenvalue weighted by Crippen LogP contribution is -2.42. The average Bonchev–Trinajstić information content (AvgIpc) is 2.74. The number of hydrogen-bond acceptors (Lipinski definition) is 5. The number of sulfonamides is 1. The third-order valence-electron chi connectivity index (χ3n) is 5.28. The van der Waals surface area contributed by atoms with Gasteiger partial charge in [0.25, 0.3) is 5.69 Å². The van der Waals surface area contributed by atoms with E-state index >= 15 is 0 Å². The molecule has 0 spiro atoms. The van der Waals surface area contributed by atoms with Crippen LogP contribution >= 0.6 is 11.6 Å². The SMILES string of the molecule is Cc1ccc(CNC(=O)C2CCN(S(=O)(=O)c3ccc(Cl)c([N+](=O)[O-])c3)CC2)cc1F. The van der Waals surface area contributed by atoms with E-state index in [1.807, 2.05) is 0 Å². The van der Waals surface area contributed by atoms with Gasteiger partial charge >= 0.3 is 0 Å². The van der Waals surface area contributed by atoms with Crippen LogP contribution in [-0.4, -0.2) is 36.6 Å². The van der Waals surface area contributed by atoms with E-state index in [9.17, 15) is 27.7 Å². The first-order chi connectivity index (χ1) is 14.6. The number of nitrogens with zero attached hydrogens (tertiary/aromatic N) is 2. The zero-order chi connectivity index (χ0) is 22.8. The van der Waals surface area contributed by atoms with Crippen LogP contribution in [0.15, 0.2) is 41.3 Å². The highest BCUT2D eigenvalue weighted by molar-refractivity contribution is 7.89. The van der Waals surface area contributed by atoms with Crippen LogP contribution in [0, 0.1) is 28.8 Å². The van der Waals surface area contributed by atoms with E-state index in [1.54, 1.807) is 19.1 Å². The highest BCUT2D eigenvalue weighted by Gasteiger charge is 2.33. The van der Waals surface area contributed by atoms with Gasteiger partial charge in [-0.2, -0.15) is 4.31 Å². The van der Waals surface area contributed by atoms with Gasteiger partial charge in [-0.25, -0.2) is 12.8 Å². The van der Waals surface area contributed by atoms with Gasteiger partial charge in [0.05, 0.1) is 9.82 Å². The fraction of sp³-hybridized carbons (Fsp3) is 0.350. The van der Waals surface area contributed by atoms with Crippen molar-refractivity contribution >= 4 is 33.2 Å². The molecule has 0 saturated carbocycles. The number of hydrogen-bond donors (Lipinski definition) is 1. The summed E-state index contributed by atoms with van der Waals surface area (Å²) in [7, 11) is -3.95. The molecule has 0 atom stereocenters. The Kier molecular flexibility index (Phi) is 6.93. The van der Waals surface area contributed by atoms with Crippen molar-refractivity contribution < 1.29 is 22.5 Å². The molecule has 0 radical (unpaired) electrons. The van der Waals surface area contributed by atoms with Crippen molar-refractivity contribution in [1.29, 1.82) is 0 Å². The first-order valence-corrected chi connectivity index (χ1v) is 11.4. The number of piperidine rings is 1. The van der Waals surface area contributed by atoms with Gasteiger partial charge in [-0.05, 0) is 49.1 Å². The maximum absolute atomic E-state index is 13.6. The van der Waals surface area contributed by atoms with Crippen molar-refractivity contribution in [2.24, 2.45) is 5.92 Å². The second kappa shape index (κ2) is 9.29. The molecule has 0 aromatic heterocycles. The molecule has 1 saturated heterocycles. The number of amides is 1. The summed E-state index contributed by atoms with van der Waals surface area (Å²) < 4.78 is 40.5. The molecule has 1 N–H and O–H groups in total. The maximum Gasteiger partial charge on any atom is 0.289 e. The van der Waals surface area contributed by atoms with Crippen LogP contribution in [-0.2, 0) is 21.4 Å². The minimum absolute atomic E-state index is 0.107. The molecule has 166 valence electrons. The predicted molar refractivity (Wildman–Crippen MR) is 113 cm³/mol. The third-order valence-corrected chi connectivity index (χ3v) is 7.49. The second-order valence-electron chi connectivity index (χ2n) is 7.35. The van der Waals surface area contributed by atoms with Crippen LogP contribution < -0.4 is 5.32 Å². The predicted octanol–water partition coefficient (Wildman–Crippen LogP) is 3.41. The van der Waals surface area contributed by atoms with Gasteiger partial charge in [-0.3, -0.25) is 14.9 Å². The Hall–Kier alpha value is -2.56. The maximum atomic E-state index is 13.6. The summed E-state index contributed by atoms with van der Waals surface area (Å²) in [5.74, 6) is -0.936. The number of carbonyl (C=O) groups excluding carboxylic acids is 1. The Bertz CT molecular complexity index is 1120. The normalized spacial score (nSPS) is 15.6. The Balaban J connectivity index is 1.60. The van der Waals surface area contributed by atoms with Crippen LogP contribution in [0.25, 0.3) is 0 Å². The Labute approximate surface area is 184 Å². The molecule has 31 heavy (non-hydrogen) atoms. The summed E-state index contributed by atoms with van der Waals surface area (Å²) in [6, 6.07) is 8.10. The van der Waals surface area contributed by atoms with Gasteiger partial charge in [-0.15, -0.1) is 0 Å². The van der Waals surface area contributed by atoms with E-state index in [-0.39, 0.29) is 47.2 Å². The molecule has 8 nitrogen and oxygen atoms in total. The molecule has 2 aromatic carbocycles. The lowest BCUT2D eigenvalue weighted by atomic mass is 9.97. The Morgan fingerprint density at radius 1 is 1.26 bits per heavy atom. The minimum atomic E-state index is -3.95. The molecule has 11 heteroatoms. The first-order valence-electron chi connectivity index (χ1n) is 9.56. The zero-order valence-electron chi connectivity index (χ0n) is 16.7. The van der Waals surface area contributed by atoms with E-state index in [2.05, 4.69) is 5.32 Å². The van der Waals surface area contributed by atoms with Gasteiger partial charge in [0.15, 0.2) is 0 Å². The molecular weight excluding hydrogens is 449 g/mol. The highest BCUT2D eigenvalue weighted by Crippen LogP contribution is 2.30. The quantitative estimate of drug-likeness (QED) is 0.515. The zero-order valence-corrected chi connectivity index (χ0v) is 18.2. The van der Waals surface area contributed by atoms with Crippen LogP contribution in [0.2, 0.25) is 5.02 Å². The van der Waals surface area contributed by atoms with E-state index in [1.165, 1.54) is 22.5 Å². The monoisotopic (exact) mass is 469 g/mol. The first kappa shape index (κ1) is 23.1. The van der Waals surface area contributed by atoms with Crippen molar-refractivity contribution in [3.63, 3.8) is 0 Å². The topological polar surface area (TPSA) is 110 Å². The molecule has 2 aromatic rings. The number of benzene rings is 2. The molecule has 0 unspecified atom stereocenters. The minimum Gasteiger partial charge on any atom is -0.352 e. The van der Waals surface area contributed by atoms with E-state index < -0.39 is 20.6 Å². The summed E-state index contributed by atoms with van der Waals surface area (Å²) >= 11 is 5.76. The lowest BCUT2D eigenvalue weighted by Gasteiger charge is -2.30. The van der Waals surface area contributed by atoms with Gasteiger partial charge in [0, 0.05) is 31.6 Å². The van der Waals surface area contributed by atoms with E-state index in [0.29, 0.717) is 24.0 Å². The summed E-state index contributed by atoms with van der Waals surface area (Å²) in [6.45, 7) is 2.05. The standard InChI is InChI=1S/C20H21ClFN3O5S/c1-13-2-3-14(10-18(13)22)12-23-20(26)15-6-8-24(9-7-15)31(29,30)16-4-5-17(21)19(11-16)25(27)28/h2-5,10-11,15H,6-9,12H2,1H3,(H,23,26). The number of carbonyl (C=O) groups is 1.